The van der Waals surface area contributed by atoms with Crippen molar-refractivity contribution in [3.63, 3.8) is 0 Å². The van der Waals surface area contributed by atoms with Crippen molar-refractivity contribution in [2.24, 2.45) is 0 Å². The molecule has 0 radical (unpaired) electrons. The van der Waals surface area contributed by atoms with Crippen LogP contribution in [-0.4, -0.2) is 0 Å². The molecule has 0 saturated carbocycles. The minimum absolute atomic E-state index is 0.615. The summed E-state index contributed by atoms with van der Waals surface area (Å²) in [6, 6.07) is 18.3. The van der Waals surface area contributed by atoms with Gasteiger partial charge in [0.15, 0.2) is 0 Å². The zero-order chi connectivity index (χ0) is 11.9. The first kappa shape index (κ1) is 11.5. The van der Waals surface area contributed by atoms with E-state index in [1.807, 2.05) is 43.3 Å². The Labute approximate surface area is 102 Å². The van der Waals surface area contributed by atoms with Gasteiger partial charge in [0, 0.05) is 0 Å². The van der Waals surface area contributed by atoms with Gasteiger partial charge in [-0.15, -0.1) is 0 Å². The first-order valence-corrected chi connectivity index (χ1v) is 5.78. The van der Waals surface area contributed by atoms with E-state index in [9.17, 15) is 0 Å². The second-order valence-electron chi connectivity index (χ2n) is 3.84. The Bertz CT molecular complexity index is 469. The van der Waals surface area contributed by atoms with Gasteiger partial charge in [0.25, 0.3) is 0 Å². The van der Waals surface area contributed by atoms with Crippen LogP contribution in [0.3, 0.4) is 0 Å². The molecule has 0 atom stereocenters. The van der Waals surface area contributed by atoms with Crippen LogP contribution in [0, 0.1) is 0 Å². The fourth-order valence-electron chi connectivity index (χ4n) is 1.61. The van der Waals surface area contributed by atoms with Crippen molar-refractivity contribution in [3.8, 4) is 5.75 Å². The minimum Gasteiger partial charge on any atom is -0.489 e. The molecule has 0 aliphatic heterocycles. The molecule has 0 amide bonds. The maximum Gasteiger partial charge on any atom is 0.119 e. The standard InChI is InChI=1S/C16H16O/c1-2-6-14-9-11-16(12-10-14)17-13-15-7-4-3-5-8-15/h2-12H,13H2,1H3/b6-2+. The van der Waals surface area contributed by atoms with Crippen LogP contribution in [0.4, 0.5) is 0 Å². The van der Waals surface area contributed by atoms with E-state index in [2.05, 4.69) is 30.3 Å². The second-order valence-corrected chi connectivity index (χ2v) is 3.84. The monoisotopic (exact) mass is 224 g/mol. The summed E-state index contributed by atoms with van der Waals surface area (Å²) in [5.74, 6) is 0.905. The van der Waals surface area contributed by atoms with Crippen molar-refractivity contribution in [1.82, 2.24) is 0 Å². The summed E-state index contributed by atoms with van der Waals surface area (Å²) in [6.07, 6.45) is 4.10. The number of rotatable bonds is 4. The average molecular weight is 224 g/mol. The molecule has 0 N–H and O–H groups in total. The lowest BCUT2D eigenvalue weighted by molar-refractivity contribution is 0.306. The van der Waals surface area contributed by atoms with E-state index in [0.717, 1.165) is 5.75 Å². The Morgan fingerprint density at radius 3 is 2.29 bits per heavy atom. The van der Waals surface area contributed by atoms with Crippen LogP contribution in [0.5, 0.6) is 5.75 Å². The van der Waals surface area contributed by atoms with Crippen molar-refractivity contribution in [2.45, 2.75) is 13.5 Å². The van der Waals surface area contributed by atoms with Gasteiger partial charge in [-0.3, -0.25) is 0 Å². The van der Waals surface area contributed by atoms with E-state index in [4.69, 9.17) is 4.74 Å². The van der Waals surface area contributed by atoms with Gasteiger partial charge in [0.05, 0.1) is 0 Å². The van der Waals surface area contributed by atoms with Crippen LogP contribution in [0.2, 0.25) is 0 Å². The lowest BCUT2D eigenvalue weighted by atomic mass is 10.2. The summed E-state index contributed by atoms with van der Waals surface area (Å²) in [7, 11) is 0. The topological polar surface area (TPSA) is 9.23 Å². The zero-order valence-electron chi connectivity index (χ0n) is 9.97. The lowest BCUT2D eigenvalue weighted by Crippen LogP contribution is -1.94. The first-order valence-electron chi connectivity index (χ1n) is 5.78. The van der Waals surface area contributed by atoms with Gasteiger partial charge in [0.1, 0.15) is 12.4 Å². The molecule has 17 heavy (non-hydrogen) atoms. The number of ether oxygens (including phenoxy) is 1. The third kappa shape index (κ3) is 3.49. The zero-order valence-corrected chi connectivity index (χ0v) is 9.97. The number of allylic oxidation sites excluding steroid dienone is 1. The molecule has 0 aliphatic rings. The summed E-state index contributed by atoms with van der Waals surface area (Å²) >= 11 is 0. The van der Waals surface area contributed by atoms with E-state index in [1.165, 1.54) is 11.1 Å². The molecule has 0 aromatic heterocycles. The number of benzene rings is 2. The number of hydrogen-bond donors (Lipinski definition) is 0. The first-order chi connectivity index (χ1) is 8.38. The molecule has 2 aromatic carbocycles. The van der Waals surface area contributed by atoms with Crippen molar-refractivity contribution >= 4 is 6.08 Å². The lowest BCUT2D eigenvalue weighted by Gasteiger charge is -2.06. The van der Waals surface area contributed by atoms with Gasteiger partial charge in [-0.25, -0.2) is 0 Å². The van der Waals surface area contributed by atoms with Gasteiger partial charge in [-0.2, -0.15) is 0 Å². The highest BCUT2D eigenvalue weighted by Gasteiger charge is 1.95. The molecule has 86 valence electrons. The van der Waals surface area contributed by atoms with E-state index >= 15 is 0 Å². The molecule has 1 heteroatoms. The van der Waals surface area contributed by atoms with E-state index in [-0.39, 0.29) is 0 Å². The fraction of sp³-hybridized carbons (Fsp3) is 0.125. The molecule has 0 bridgehead atoms. The Morgan fingerprint density at radius 2 is 1.65 bits per heavy atom. The van der Waals surface area contributed by atoms with Crippen molar-refractivity contribution in [1.29, 1.82) is 0 Å². The Morgan fingerprint density at radius 1 is 0.941 bits per heavy atom. The molecule has 2 rings (SSSR count). The van der Waals surface area contributed by atoms with Crippen LogP contribution in [0.15, 0.2) is 60.7 Å². The van der Waals surface area contributed by atoms with E-state index in [1.54, 1.807) is 0 Å². The number of hydrogen-bond acceptors (Lipinski definition) is 1. The molecule has 1 nitrogen and oxygen atoms in total. The summed E-state index contributed by atoms with van der Waals surface area (Å²) < 4.78 is 5.70. The van der Waals surface area contributed by atoms with Crippen LogP contribution in [0.1, 0.15) is 18.1 Å². The van der Waals surface area contributed by atoms with Crippen LogP contribution >= 0.6 is 0 Å². The summed E-state index contributed by atoms with van der Waals surface area (Å²) in [6.45, 7) is 2.63. The average Bonchev–Trinajstić information content (AvgIpc) is 2.40. The fourth-order valence-corrected chi connectivity index (χ4v) is 1.61. The largest absolute Gasteiger partial charge is 0.489 e. The Kier molecular flexibility index (Phi) is 3.98. The van der Waals surface area contributed by atoms with E-state index < -0.39 is 0 Å². The molecule has 2 aromatic rings. The van der Waals surface area contributed by atoms with Gasteiger partial charge < -0.3 is 4.74 Å². The summed E-state index contributed by atoms with van der Waals surface area (Å²) in [4.78, 5) is 0. The minimum atomic E-state index is 0.615. The Hall–Kier alpha value is -2.02. The van der Waals surface area contributed by atoms with Crippen LogP contribution in [-0.2, 0) is 6.61 Å². The van der Waals surface area contributed by atoms with E-state index in [0.29, 0.717) is 6.61 Å². The normalized spacial score (nSPS) is 10.6. The molecule has 0 fully saturated rings. The highest BCUT2D eigenvalue weighted by atomic mass is 16.5. The maximum absolute atomic E-state index is 5.70. The molecule has 0 aliphatic carbocycles. The molecule has 0 spiro atoms. The predicted molar refractivity (Wildman–Crippen MR) is 71.9 cm³/mol. The third-order valence-electron chi connectivity index (χ3n) is 2.49. The molecule has 0 heterocycles. The predicted octanol–water partition coefficient (Wildman–Crippen LogP) is 4.30. The van der Waals surface area contributed by atoms with Crippen molar-refractivity contribution in [2.75, 3.05) is 0 Å². The Balaban J connectivity index is 1.95. The van der Waals surface area contributed by atoms with Crippen LogP contribution in [0.25, 0.3) is 6.08 Å². The van der Waals surface area contributed by atoms with Crippen molar-refractivity contribution < 1.29 is 4.74 Å². The highest BCUT2D eigenvalue weighted by Crippen LogP contribution is 2.14. The highest BCUT2D eigenvalue weighted by molar-refractivity contribution is 5.50. The second kappa shape index (κ2) is 5.90. The molecular weight excluding hydrogens is 208 g/mol. The third-order valence-corrected chi connectivity index (χ3v) is 2.49. The van der Waals surface area contributed by atoms with Crippen LogP contribution < -0.4 is 4.74 Å². The van der Waals surface area contributed by atoms with Gasteiger partial charge in [0.2, 0.25) is 0 Å². The maximum atomic E-state index is 5.70. The molecular formula is C16H16O. The van der Waals surface area contributed by atoms with Crippen molar-refractivity contribution in [3.05, 3.63) is 71.8 Å². The molecule has 0 unspecified atom stereocenters. The van der Waals surface area contributed by atoms with Gasteiger partial charge in [-0.1, -0.05) is 54.6 Å². The quantitative estimate of drug-likeness (QED) is 0.752. The summed E-state index contributed by atoms with van der Waals surface area (Å²) in [5, 5.41) is 0. The van der Waals surface area contributed by atoms with Gasteiger partial charge >= 0.3 is 0 Å². The molecule has 0 saturated heterocycles. The van der Waals surface area contributed by atoms with Gasteiger partial charge in [-0.05, 0) is 30.2 Å². The SMILES string of the molecule is C/C=C/c1ccc(OCc2ccccc2)cc1. The summed E-state index contributed by atoms with van der Waals surface area (Å²) in [5.41, 5.74) is 2.38. The smallest absolute Gasteiger partial charge is 0.119 e.